The molecule has 2 rings (SSSR count). The maximum absolute atomic E-state index is 11.6. The maximum atomic E-state index is 11.6. The lowest BCUT2D eigenvalue weighted by atomic mass is 10.2. The van der Waals surface area contributed by atoms with Crippen molar-refractivity contribution in [2.24, 2.45) is 0 Å². The Labute approximate surface area is 89.5 Å². The monoisotopic (exact) mass is 232 g/mol. The van der Waals surface area contributed by atoms with Crippen molar-refractivity contribution in [2.45, 2.75) is 31.3 Å². The Bertz CT molecular complexity index is 346. The highest BCUT2D eigenvalue weighted by Gasteiger charge is 2.31. The summed E-state index contributed by atoms with van der Waals surface area (Å²) in [5.74, 6) is 0.260. The van der Waals surface area contributed by atoms with Crippen molar-refractivity contribution in [1.82, 2.24) is 10.6 Å². The van der Waals surface area contributed by atoms with Gasteiger partial charge in [-0.2, -0.15) is 0 Å². The number of carbonyl (C=O) groups is 1. The van der Waals surface area contributed by atoms with Crippen molar-refractivity contribution >= 4 is 15.7 Å². The average molecular weight is 232 g/mol. The number of sulfone groups is 1. The van der Waals surface area contributed by atoms with Crippen LogP contribution >= 0.6 is 0 Å². The second kappa shape index (κ2) is 4.09. The van der Waals surface area contributed by atoms with Gasteiger partial charge in [-0.25, -0.2) is 8.42 Å². The number of hydrogen-bond donors (Lipinski definition) is 2. The van der Waals surface area contributed by atoms with E-state index in [2.05, 4.69) is 10.6 Å². The summed E-state index contributed by atoms with van der Waals surface area (Å²) in [6, 6.07) is -0.293. The quantitative estimate of drug-likeness (QED) is 0.643. The van der Waals surface area contributed by atoms with Gasteiger partial charge >= 0.3 is 0 Å². The molecular weight excluding hydrogens is 216 g/mol. The topological polar surface area (TPSA) is 75.3 Å². The smallest absolute Gasteiger partial charge is 0.237 e. The van der Waals surface area contributed by atoms with Crippen LogP contribution in [0, 0.1) is 0 Å². The standard InChI is InChI=1S/C9H16N2O3S/c12-9(8-2-1-4-10-8)11-7-3-5-15(13,14)6-7/h7-8,10H,1-6H2,(H,11,12). The van der Waals surface area contributed by atoms with E-state index in [4.69, 9.17) is 0 Å². The van der Waals surface area contributed by atoms with Crippen molar-refractivity contribution in [3.63, 3.8) is 0 Å². The van der Waals surface area contributed by atoms with Crippen molar-refractivity contribution in [3.8, 4) is 0 Å². The predicted octanol–water partition coefficient (Wildman–Crippen LogP) is -0.958. The summed E-state index contributed by atoms with van der Waals surface area (Å²) in [6.07, 6.45) is 2.42. The zero-order chi connectivity index (χ0) is 10.9. The van der Waals surface area contributed by atoms with Crippen molar-refractivity contribution in [3.05, 3.63) is 0 Å². The zero-order valence-electron chi connectivity index (χ0n) is 8.53. The lowest BCUT2D eigenvalue weighted by molar-refractivity contribution is -0.123. The lowest BCUT2D eigenvalue weighted by Crippen LogP contribution is -2.45. The van der Waals surface area contributed by atoms with Gasteiger partial charge in [0, 0.05) is 6.04 Å². The fourth-order valence-electron chi connectivity index (χ4n) is 2.12. The molecule has 5 nitrogen and oxygen atoms in total. The van der Waals surface area contributed by atoms with E-state index in [0.29, 0.717) is 6.42 Å². The molecule has 0 aromatic rings. The summed E-state index contributed by atoms with van der Waals surface area (Å²) >= 11 is 0. The third-order valence-electron chi connectivity index (χ3n) is 2.96. The second-order valence-electron chi connectivity index (χ2n) is 4.26. The zero-order valence-corrected chi connectivity index (χ0v) is 9.35. The minimum absolute atomic E-state index is 0.0467. The molecule has 6 heteroatoms. The SMILES string of the molecule is O=C(NC1CCS(=O)(=O)C1)C1CCCN1. The van der Waals surface area contributed by atoms with Crippen LogP contribution in [0.4, 0.5) is 0 Å². The van der Waals surface area contributed by atoms with Gasteiger partial charge in [-0.3, -0.25) is 4.79 Å². The fraction of sp³-hybridized carbons (Fsp3) is 0.889. The first-order chi connectivity index (χ1) is 7.07. The highest BCUT2D eigenvalue weighted by Crippen LogP contribution is 2.12. The van der Waals surface area contributed by atoms with Gasteiger partial charge in [0.15, 0.2) is 9.84 Å². The minimum atomic E-state index is -2.90. The van der Waals surface area contributed by atoms with Crippen LogP contribution in [0.15, 0.2) is 0 Å². The number of hydrogen-bond acceptors (Lipinski definition) is 4. The molecule has 2 aliphatic rings. The van der Waals surface area contributed by atoms with Gasteiger partial charge in [-0.15, -0.1) is 0 Å². The minimum Gasteiger partial charge on any atom is -0.351 e. The molecule has 2 aliphatic heterocycles. The molecule has 0 saturated carbocycles. The van der Waals surface area contributed by atoms with Gasteiger partial charge in [0.2, 0.25) is 5.91 Å². The van der Waals surface area contributed by atoms with Crippen LogP contribution < -0.4 is 10.6 Å². The summed E-state index contributed by atoms with van der Waals surface area (Å²) in [4.78, 5) is 11.6. The van der Waals surface area contributed by atoms with E-state index >= 15 is 0 Å². The summed E-state index contributed by atoms with van der Waals surface area (Å²) in [5, 5.41) is 5.89. The molecule has 2 heterocycles. The van der Waals surface area contributed by atoms with E-state index in [1.165, 1.54) is 0 Å². The summed E-state index contributed by atoms with van der Waals surface area (Å²) < 4.78 is 22.4. The fourth-order valence-corrected chi connectivity index (χ4v) is 3.79. The van der Waals surface area contributed by atoms with E-state index in [1.807, 2.05) is 0 Å². The van der Waals surface area contributed by atoms with Crippen LogP contribution in [-0.4, -0.2) is 44.5 Å². The molecule has 0 spiro atoms. The van der Waals surface area contributed by atoms with Gasteiger partial charge in [-0.1, -0.05) is 0 Å². The second-order valence-corrected chi connectivity index (χ2v) is 6.49. The van der Waals surface area contributed by atoms with Gasteiger partial charge in [0.25, 0.3) is 0 Å². The highest BCUT2D eigenvalue weighted by molar-refractivity contribution is 7.91. The number of rotatable bonds is 2. The normalized spacial score (nSPS) is 34.1. The highest BCUT2D eigenvalue weighted by atomic mass is 32.2. The van der Waals surface area contributed by atoms with Gasteiger partial charge in [0.1, 0.15) is 0 Å². The van der Waals surface area contributed by atoms with Crippen LogP contribution in [0.25, 0.3) is 0 Å². The molecular formula is C9H16N2O3S. The van der Waals surface area contributed by atoms with Gasteiger partial charge in [-0.05, 0) is 25.8 Å². The first kappa shape index (κ1) is 10.9. The Morgan fingerprint density at radius 1 is 1.33 bits per heavy atom. The molecule has 0 bridgehead atoms. The van der Waals surface area contributed by atoms with Crippen LogP contribution in [-0.2, 0) is 14.6 Å². The van der Waals surface area contributed by atoms with Crippen LogP contribution in [0.5, 0.6) is 0 Å². The number of nitrogens with one attached hydrogen (secondary N) is 2. The first-order valence-electron chi connectivity index (χ1n) is 5.31. The Hall–Kier alpha value is -0.620. The molecule has 2 unspecified atom stereocenters. The van der Waals surface area contributed by atoms with Crippen LogP contribution in [0.3, 0.4) is 0 Å². The molecule has 0 aromatic heterocycles. The Morgan fingerprint density at radius 2 is 2.13 bits per heavy atom. The number of carbonyl (C=O) groups excluding carboxylic acids is 1. The Morgan fingerprint density at radius 3 is 2.67 bits per heavy atom. The Balaban J connectivity index is 1.85. The molecule has 2 saturated heterocycles. The third kappa shape index (κ3) is 2.69. The van der Waals surface area contributed by atoms with Gasteiger partial charge in [0.05, 0.1) is 17.5 Å². The van der Waals surface area contributed by atoms with Gasteiger partial charge < -0.3 is 10.6 Å². The summed E-state index contributed by atoms with van der Waals surface area (Å²) in [6.45, 7) is 0.876. The molecule has 2 atom stereocenters. The van der Waals surface area contributed by atoms with E-state index in [0.717, 1.165) is 19.4 Å². The van der Waals surface area contributed by atoms with Crippen LogP contribution in [0.2, 0.25) is 0 Å². The average Bonchev–Trinajstić information content (AvgIpc) is 2.74. The van der Waals surface area contributed by atoms with E-state index in [9.17, 15) is 13.2 Å². The molecule has 0 aliphatic carbocycles. The predicted molar refractivity (Wildman–Crippen MR) is 56.2 cm³/mol. The largest absolute Gasteiger partial charge is 0.351 e. The first-order valence-corrected chi connectivity index (χ1v) is 7.13. The van der Waals surface area contributed by atoms with E-state index in [-0.39, 0.29) is 29.5 Å². The lowest BCUT2D eigenvalue weighted by Gasteiger charge is -2.14. The molecule has 2 N–H and O–H groups in total. The molecule has 86 valence electrons. The van der Waals surface area contributed by atoms with Crippen molar-refractivity contribution < 1.29 is 13.2 Å². The molecule has 1 amide bonds. The molecule has 2 fully saturated rings. The summed E-state index contributed by atoms with van der Waals surface area (Å²) in [7, 11) is -2.90. The van der Waals surface area contributed by atoms with E-state index < -0.39 is 9.84 Å². The third-order valence-corrected chi connectivity index (χ3v) is 4.72. The molecule has 0 radical (unpaired) electrons. The van der Waals surface area contributed by atoms with Crippen molar-refractivity contribution in [1.29, 1.82) is 0 Å². The molecule has 0 aromatic carbocycles. The van der Waals surface area contributed by atoms with E-state index in [1.54, 1.807) is 0 Å². The Kier molecular flexibility index (Phi) is 2.97. The maximum Gasteiger partial charge on any atom is 0.237 e. The van der Waals surface area contributed by atoms with Crippen LogP contribution in [0.1, 0.15) is 19.3 Å². The van der Waals surface area contributed by atoms with Crippen molar-refractivity contribution in [2.75, 3.05) is 18.1 Å². The summed E-state index contributed by atoms with van der Waals surface area (Å²) in [5.41, 5.74) is 0. The number of amides is 1. The molecule has 15 heavy (non-hydrogen) atoms.